The average molecular weight is 254 g/mol. The zero-order chi connectivity index (χ0) is 12.9. The van der Waals surface area contributed by atoms with Crippen LogP contribution >= 0.6 is 0 Å². The molecule has 1 aromatic carbocycles. The smallest absolute Gasteiger partial charge is 0.177 e. The molecule has 0 aliphatic carbocycles. The Morgan fingerprint density at radius 2 is 2.16 bits per heavy atom. The van der Waals surface area contributed by atoms with Crippen LogP contribution in [0.15, 0.2) is 35.5 Å². The second kappa shape index (κ2) is 5.90. The number of hydrogen-bond donors (Lipinski definition) is 0. The minimum Gasteiger partial charge on any atom is -0.383 e. The van der Waals surface area contributed by atoms with E-state index in [1.165, 1.54) is 30.8 Å². The summed E-state index contributed by atoms with van der Waals surface area (Å²) in [5, 5.41) is 4.22. The van der Waals surface area contributed by atoms with E-state index in [0.29, 0.717) is 12.5 Å². The predicted octanol–water partition coefficient (Wildman–Crippen LogP) is 1.94. The highest BCUT2D eigenvalue weighted by Gasteiger charge is 2.35. The standard InChI is InChI=1S/C16H18N2O/c1-2-6-14(7-3-1)8-4-5-11-19-17-16-13-18-10-9-15(16)12-18/h1-3,6-7,15H,8-13H2/b17-16+. The van der Waals surface area contributed by atoms with Crippen molar-refractivity contribution in [1.29, 1.82) is 0 Å². The number of fused-ring (bicyclic) bond motifs is 2. The molecule has 2 aliphatic rings. The van der Waals surface area contributed by atoms with Crippen molar-refractivity contribution in [2.45, 2.75) is 12.8 Å². The Bertz CT molecular complexity index is 513. The summed E-state index contributed by atoms with van der Waals surface area (Å²) in [7, 11) is 0. The third kappa shape index (κ3) is 3.15. The van der Waals surface area contributed by atoms with Gasteiger partial charge in [0.05, 0.1) is 5.71 Å². The molecule has 3 rings (SSSR count). The van der Waals surface area contributed by atoms with Gasteiger partial charge in [0.2, 0.25) is 0 Å². The fourth-order valence-electron chi connectivity index (χ4n) is 2.67. The highest BCUT2D eigenvalue weighted by molar-refractivity contribution is 5.91. The van der Waals surface area contributed by atoms with Gasteiger partial charge < -0.3 is 4.84 Å². The van der Waals surface area contributed by atoms with Crippen LogP contribution in [0.1, 0.15) is 12.0 Å². The number of hydrogen-bond acceptors (Lipinski definition) is 3. The van der Waals surface area contributed by atoms with Crippen LogP contribution < -0.4 is 0 Å². The summed E-state index contributed by atoms with van der Waals surface area (Å²) in [5.41, 5.74) is 2.44. The molecule has 0 aromatic heterocycles. The summed E-state index contributed by atoms with van der Waals surface area (Å²) in [6.45, 7) is 3.77. The van der Waals surface area contributed by atoms with Crippen molar-refractivity contribution in [3.05, 3.63) is 35.9 Å². The number of piperidine rings is 1. The van der Waals surface area contributed by atoms with Crippen LogP contribution in [-0.4, -0.2) is 36.9 Å². The first-order valence-corrected chi connectivity index (χ1v) is 6.82. The lowest BCUT2D eigenvalue weighted by Gasteiger charge is -2.12. The van der Waals surface area contributed by atoms with Gasteiger partial charge in [0.1, 0.15) is 0 Å². The van der Waals surface area contributed by atoms with Crippen LogP contribution in [0.2, 0.25) is 0 Å². The molecule has 0 saturated carbocycles. The number of rotatable bonds is 3. The van der Waals surface area contributed by atoms with E-state index in [1.807, 2.05) is 18.2 Å². The third-order valence-electron chi connectivity index (χ3n) is 3.71. The first kappa shape index (κ1) is 12.3. The molecule has 2 bridgehead atoms. The van der Waals surface area contributed by atoms with Crippen LogP contribution in [0.3, 0.4) is 0 Å². The minimum atomic E-state index is 0.392. The van der Waals surface area contributed by atoms with E-state index >= 15 is 0 Å². The summed E-state index contributed by atoms with van der Waals surface area (Å²) >= 11 is 0. The quantitative estimate of drug-likeness (QED) is 0.468. The molecule has 0 N–H and O–H groups in total. The molecule has 2 aliphatic heterocycles. The van der Waals surface area contributed by atoms with Crippen LogP contribution in [-0.2, 0) is 11.3 Å². The van der Waals surface area contributed by atoms with Crippen molar-refractivity contribution >= 4 is 5.71 Å². The van der Waals surface area contributed by atoms with Crippen LogP contribution in [0, 0.1) is 17.8 Å². The maximum atomic E-state index is 5.30. The van der Waals surface area contributed by atoms with E-state index in [0.717, 1.165) is 13.0 Å². The molecule has 3 heteroatoms. The van der Waals surface area contributed by atoms with Gasteiger partial charge in [-0.15, -0.1) is 0 Å². The molecule has 0 spiro atoms. The van der Waals surface area contributed by atoms with Gasteiger partial charge >= 0.3 is 0 Å². The number of oxime groups is 1. The molecule has 2 heterocycles. The molecule has 3 nitrogen and oxygen atoms in total. The summed E-state index contributed by atoms with van der Waals surface area (Å²) in [6, 6.07) is 10.2. The monoisotopic (exact) mass is 254 g/mol. The van der Waals surface area contributed by atoms with Gasteiger partial charge in [0.15, 0.2) is 6.61 Å². The van der Waals surface area contributed by atoms with Crippen LogP contribution in [0.4, 0.5) is 0 Å². The fourth-order valence-corrected chi connectivity index (χ4v) is 2.67. The van der Waals surface area contributed by atoms with Gasteiger partial charge in [-0.05, 0) is 18.5 Å². The second-order valence-electron chi connectivity index (χ2n) is 5.09. The van der Waals surface area contributed by atoms with Crippen molar-refractivity contribution in [1.82, 2.24) is 4.90 Å². The zero-order valence-corrected chi connectivity index (χ0v) is 11.0. The van der Waals surface area contributed by atoms with Gasteiger partial charge in [-0.1, -0.05) is 47.3 Å². The molecule has 2 fully saturated rings. The largest absolute Gasteiger partial charge is 0.383 e. The first-order chi connectivity index (χ1) is 9.42. The lowest BCUT2D eigenvalue weighted by Crippen LogP contribution is -2.23. The van der Waals surface area contributed by atoms with Crippen molar-refractivity contribution in [3.8, 4) is 11.8 Å². The fraction of sp³-hybridized carbons (Fsp3) is 0.438. The van der Waals surface area contributed by atoms with Gasteiger partial charge in [0, 0.05) is 25.4 Å². The minimum absolute atomic E-state index is 0.392. The van der Waals surface area contributed by atoms with Gasteiger partial charge in [-0.25, -0.2) is 0 Å². The van der Waals surface area contributed by atoms with E-state index < -0.39 is 0 Å². The maximum absolute atomic E-state index is 5.30. The molecule has 98 valence electrons. The SMILES string of the molecule is C(#CCc1ccccc1)CO/N=C1\CN2CCC1C2. The molecule has 2 saturated heterocycles. The molecule has 2 atom stereocenters. The normalized spacial score (nSPS) is 26.2. The molecular weight excluding hydrogens is 236 g/mol. The van der Waals surface area contributed by atoms with Crippen molar-refractivity contribution in [2.24, 2.45) is 11.1 Å². The Kier molecular flexibility index (Phi) is 3.81. The Labute approximate surface area is 114 Å². The summed E-state index contributed by atoms with van der Waals surface area (Å²) in [5.74, 6) is 6.75. The Balaban J connectivity index is 1.41. The van der Waals surface area contributed by atoms with Crippen molar-refractivity contribution in [3.63, 3.8) is 0 Å². The number of nitrogens with zero attached hydrogens (tertiary/aromatic N) is 2. The van der Waals surface area contributed by atoms with E-state index in [4.69, 9.17) is 4.84 Å². The Hall–Kier alpha value is -1.79. The topological polar surface area (TPSA) is 24.8 Å². The molecule has 0 amide bonds. The Morgan fingerprint density at radius 1 is 1.26 bits per heavy atom. The van der Waals surface area contributed by atoms with Gasteiger partial charge in [-0.2, -0.15) is 0 Å². The van der Waals surface area contributed by atoms with E-state index in [9.17, 15) is 0 Å². The van der Waals surface area contributed by atoms with Crippen molar-refractivity contribution < 1.29 is 4.84 Å². The third-order valence-corrected chi connectivity index (χ3v) is 3.71. The highest BCUT2D eigenvalue weighted by atomic mass is 16.6. The highest BCUT2D eigenvalue weighted by Crippen LogP contribution is 2.25. The summed E-state index contributed by atoms with van der Waals surface area (Å²) in [4.78, 5) is 7.72. The molecular formula is C16H18N2O. The average Bonchev–Trinajstić information content (AvgIpc) is 3.06. The van der Waals surface area contributed by atoms with E-state index in [1.54, 1.807) is 0 Å². The molecule has 0 radical (unpaired) electrons. The predicted molar refractivity (Wildman–Crippen MR) is 75.9 cm³/mol. The molecule has 19 heavy (non-hydrogen) atoms. The summed E-state index contributed by atoms with van der Waals surface area (Å²) in [6.07, 6.45) is 2.01. The van der Waals surface area contributed by atoms with Gasteiger partial charge in [-0.3, -0.25) is 4.90 Å². The lowest BCUT2D eigenvalue weighted by atomic mass is 10.0. The first-order valence-electron chi connectivity index (χ1n) is 6.82. The number of benzene rings is 1. The van der Waals surface area contributed by atoms with Gasteiger partial charge in [0.25, 0.3) is 0 Å². The molecule has 2 unspecified atom stereocenters. The lowest BCUT2D eigenvalue weighted by molar-refractivity contribution is 0.177. The summed E-state index contributed by atoms with van der Waals surface area (Å²) < 4.78 is 0. The second-order valence-corrected chi connectivity index (χ2v) is 5.09. The van der Waals surface area contributed by atoms with E-state index in [-0.39, 0.29) is 0 Å². The zero-order valence-electron chi connectivity index (χ0n) is 11.0. The Morgan fingerprint density at radius 3 is 2.89 bits per heavy atom. The van der Waals surface area contributed by atoms with E-state index in [2.05, 4.69) is 34.0 Å². The van der Waals surface area contributed by atoms with Crippen molar-refractivity contribution in [2.75, 3.05) is 26.2 Å². The van der Waals surface area contributed by atoms with Crippen LogP contribution in [0.5, 0.6) is 0 Å². The maximum Gasteiger partial charge on any atom is 0.177 e. The molecule has 1 aromatic rings. The van der Waals surface area contributed by atoms with Crippen LogP contribution in [0.25, 0.3) is 0 Å².